The third-order valence-corrected chi connectivity index (χ3v) is 6.86. The monoisotopic (exact) mass is 668 g/mol. The molecule has 0 spiro atoms. The van der Waals surface area contributed by atoms with Crippen molar-refractivity contribution in [3.8, 4) is 0 Å². The molecular formula is C29H44N6O12. The molecule has 0 saturated heterocycles. The number of rotatable bonds is 19. The molecule has 0 aliphatic heterocycles. The van der Waals surface area contributed by atoms with E-state index >= 15 is 0 Å². The number of nitrogens with two attached hydrogens (primary N) is 1. The first-order valence-electron chi connectivity index (χ1n) is 14.6. The van der Waals surface area contributed by atoms with Crippen LogP contribution in [0.3, 0.4) is 0 Å². The Morgan fingerprint density at radius 1 is 0.660 bits per heavy atom. The normalized spacial score (nSPS) is 16.2. The lowest BCUT2D eigenvalue weighted by Crippen LogP contribution is -2.62. The molecule has 0 unspecified atom stereocenters. The number of nitrogens with one attached hydrogen (secondary N) is 5. The van der Waals surface area contributed by atoms with Gasteiger partial charge in [0, 0.05) is 6.42 Å². The van der Waals surface area contributed by atoms with Gasteiger partial charge in [-0.2, -0.15) is 0 Å². The lowest BCUT2D eigenvalue weighted by Gasteiger charge is -2.28. The number of carbonyl (C=O) groups is 7. The Morgan fingerprint density at radius 3 is 1.62 bits per heavy atom. The summed E-state index contributed by atoms with van der Waals surface area (Å²) in [5, 5.41) is 59.3. The van der Waals surface area contributed by atoms with E-state index in [1.807, 2.05) is 0 Å². The number of hydrogen-bond donors (Lipinski definition) is 11. The zero-order valence-corrected chi connectivity index (χ0v) is 26.4. The fourth-order valence-corrected chi connectivity index (χ4v) is 4.08. The molecule has 5 amide bonds. The van der Waals surface area contributed by atoms with Gasteiger partial charge in [0.05, 0.1) is 25.2 Å². The van der Waals surface area contributed by atoms with E-state index < -0.39 is 109 Å². The standard InChI is InChI=1S/C29H44N6O12/c1-13(2)22(29(46)47)34-25(42)18(11-20(39)40)31-26(43)19(12-36)33-28(45)23(15(4)38)35-24(41)17(10-16-8-6-5-7-9-16)32-27(44)21(30)14(3)37/h5-9,13-15,17-19,21-23,36-38H,10-12,30H2,1-4H3,(H,31,43)(H,32,44)(H,33,45)(H,34,42)(H,35,41)(H,39,40)(H,46,47)/t14-,15-,17+,18+,19+,21+,22+,23+/m1/s1. The van der Waals surface area contributed by atoms with E-state index in [-0.39, 0.29) is 6.42 Å². The summed E-state index contributed by atoms with van der Waals surface area (Å²) < 4.78 is 0. The first-order chi connectivity index (χ1) is 21.9. The Morgan fingerprint density at radius 2 is 1.15 bits per heavy atom. The molecule has 0 fully saturated rings. The predicted molar refractivity (Wildman–Crippen MR) is 163 cm³/mol. The highest BCUT2D eigenvalue weighted by Gasteiger charge is 2.35. The molecule has 12 N–H and O–H groups in total. The van der Waals surface area contributed by atoms with Gasteiger partial charge in [0.1, 0.15) is 36.3 Å². The van der Waals surface area contributed by atoms with Crippen LogP contribution >= 0.6 is 0 Å². The van der Waals surface area contributed by atoms with E-state index in [0.29, 0.717) is 5.56 Å². The average molecular weight is 669 g/mol. The van der Waals surface area contributed by atoms with Crippen LogP contribution in [-0.2, 0) is 40.0 Å². The summed E-state index contributed by atoms with van der Waals surface area (Å²) in [5.41, 5.74) is 6.28. The molecule has 0 radical (unpaired) electrons. The Hall–Kier alpha value is -4.65. The molecule has 0 heterocycles. The summed E-state index contributed by atoms with van der Waals surface area (Å²) >= 11 is 0. The van der Waals surface area contributed by atoms with Gasteiger partial charge in [0.25, 0.3) is 0 Å². The van der Waals surface area contributed by atoms with Crippen LogP contribution in [0.15, 0.2) is 30.3 Å². The van der Waals surface area contributed by atoms with Gasteiger partial charge in [-0.1, -0.05) is 44.2 Å². The molecule has 47 heavy (non-hydrogen) atoms. The largest absolute Gasteiger partial charge is 0.481 e. The van der Waals surface area contributed by atoms with Gasteiger partial charge in [-0.15, -0.1) is 0 Å². The Bertz CT molecular complexity index is 1260. The van der Waals surface area contributed by atoms with Crippen LogP contribution in [0.2, 0.25) is 0 Å². The van der Waals surface area contributed by atoms with E-state index in [2.05, 4.69) is 26.6 Å². The van der Waals surface area contributed by atoms with Crippen molar-refractivity contribution in [3.05, 3.63) is 35.9 Å². The molecule has 1 aromatic carbocycles. The van der Waals surface area contributed by atoms with Crippen molar-refractivity contribution in [2.75, 3.05) is 6.61 Å². The van der Waals surface area contributed by atoms with E-state index in [9.17, 15) is 59.1 Å². The van der Waals surface area contributed by atoms with Crippen LogP contribution in [0.4, 0.5) is 0 Å². The molecule has 262 valence electrons. The SMILES string of the molecule is CC(C)[C@H](NC(=O)[C@H](CC(=O)O)NC(=O)[C@H](CO)NC(=O)[C@@H](NC(=O)[C@H](Cc1ccccc1)NC(=O)[C@@H](N)[C@@H](C)O)[C@@H](C)O)C(=O)O. The number of hydrogen-bond acceptors (Lipinski definition) is 11. The molecule has 0 aromatic heterocycles. The molecule has 0 aliphatic carbocycles. The van der Waals surface area contributed by atoms with E-state index in [4.69, 9.17) is 5.73 Å². The Labute approximate surface area is 270 Å². The van der Waals surface area contributed by atoms with Crippen molar-refractivity contribution in [1.82, 2.24) is 26.6 Å². The van der Waals surface area contributed by atoms with Gasteiger partial charge in [-0.3, -0.25) is 28.8 Å². The Kier molecular flexibility index (Phi) is 16.4. The van der Waals surface area contributed by atoms with Gasteiger partial charge in [0.2, 0.25) is 29.5 Å². The second-order valence-corrected chi connectivity index (χ2v) is 11.2. The van der Waals surface area contributed by atoms with Crippen LogP contribution in [0, 0.1) is 5.92 Å². The maximum Gasteiger partial charge on any atom is 0.326 e. The number of amides is 5. The number of aliphatic carboxylic acids is 2. The highest BCUT2D eigenvalue weighted by molar-refractivity contribution is 5.97. The van der Waals surface area contributed by atoms with Crippen LogP contribution in [0.1, 0.15) is 39.7 Å². The van der Waals surface area contributed by atoms with Gasteiger partial charge in [0.15, 0.2) is 0 Å². The highest BCUT2D eigenvalue weighted by atomic mass is 16.4. The van der Waals surface area contributed by atoms with Crippen LogP contribution < -0.4 is 32.3 Å². The second-order valence-electron chi connectivity index (χ2n) is 11.2. The van der Waals surface area contributed by atoms with Crippen molar-refractivity contribution in [1.29, 1.82) is 0 Å². The van der Waals surface area contributed by atoms with Crippen LogP contribution in [0.5, 0.6) is 0 Å². The zero-order valence-electron chi connectivity index (χ0n) is 26.4. The maximum absolute atomic E-state index is 13.3. The van der Waals surface area contributed by atoms with Crippen molar-refractivity contribution in [2.45, 2.75) is 89.0 Å². The minimum atomic E-state index is -1.83. The minimum Gasteiger partial charge on any atom is -0.481 e. The second kappa shape index (κ2) is 19.1. The van der Waals surface area contributed by atoms with Crippen LogP contribution in [0.25, 0.3) is 0 Å². The van der Waals surface area contributed by atoms with Crippen molar-refractivity contribution in [3.63, 3.8) is 0 Å². The first-order valence-corrected chi connectivity index (χ1v) is 14.6. The van der Waals surface area contributed by atoms with Gasteiger partial charge >= 0.3 is 11.9 Å². The number of aliphatic hydroxyl groups is 3. The zero-order chi connectivity index (χ0) is 36.0. The van der Waals surface area contributed by atoms with Crippen LogP contribution in [-0.4, -0.2) is 122 Å². The fraction of sp³-hybridized carbons (Fsp3) is 0.552. The number of aliphatic hydroxyl groups excluding tert-OH is 3. The van der Waals surface area contributed by atoms with Crippen molar-refractivity contribution < 1.29 is 59.1 Å². The lowest BCUT2D eigenvalue weighted by molar-refractivity contribution is -0.144. The summed E-state index contributed by atoms with van der Waals surface area (Å²) in [6.45, 7) is 4.30. The average Bonchev–Trinajstić information content (AvgIpc) is 2.99. The van der Waals surface area contributed by atoms with Crippen molar-refractivity contribution in [2.24, 2.45) is 11.7 Å². The third kappa shape index (κ3) is 13.3. The molecular weight excluding hydrogens is 624 g/mol. The smallest absolute Gasteiger partial charge is 0.326 e. The van der Waals surface area contributed by atoms with Gasteiger partial charge < -0.3 is 57.9 Å². The van der Waals surface area contributed by atoms with E-state index in [0.717, 1.165) is 6.92 Å². The topological polar surface area (TPSA) is 307 Å². The highest BCUT2D eigenvalue weighted by Crippen LogP contribution is 2.07. The quantitative estimate of drug-likeness (QED) is 0.0670. The summed E-state index contributed by atoms with van der Waals surface area (Å²) in [5.74, 6) is -8.96. The molecule has 0 aliphatic rings. The number of benzene rings is 1. The molecule has 0 bridgehead atoms. The molecule has 18 nitrogen and oxygen atoms in total. The third-order valence-electron chi connectivity index (χ3n) is 6.86. The van der Waals surface area contributed by atoms with E-state index in [1.54, 1.807) is 30.3 Å². The van der Waals surface area contributed by atoms with E-state index in [1.165, 1.54) is 20.8 Å². The molecule has 18 heteroatoms. The summed E-state index contributed by atoms with van der Waals surface area (Å²) in [7, 11) is 0. The van der Waals surface area contributed by atoms with Crippen molar-refractivity contribution >= 4 is 41.5 Å². The van der Waals surface area contributed by atoms with Gasteiger partial charge in [-0.25, -0.2) is 4.79 Å². The number of carboxylic acids is 2. The Balaban J connectivity index is 3.15. The molecule has 0 saturated carbocycles. The van der Waals surface area contributed by atoms with Gasteiger partial charge in [-0.05, 0) is 25.3 Å². The molecule has 8 atom stereocenters. The number of carboxylic acid groups (broad SMARTS) is 2. The lowest BCUT2D eigenvalue weighted by atomic mass is 10.0. The number of carbonyl (C=O) groups excluding carboxylic acids is 5. The first kappa shape index (κ1) is 40.4. The fourth-order valence-electron chi connectivity index (χ4n) is 4.08. The molecule has 1 aromatic rings. The minimum absolute atomic E-state index is 0.0899. The maximum atomic E-state index is 13.3. The molecule has 1 rings (SSSR count). The summed E-state index contributed by atoms with van der Waals surface area (Å²) in [6.07, 6.45) is -3.92. The summed E-state index contributed by atoms with van der Waals surface area (Å²) in [4.78, 5) is 87.4. The predicted octanol–water partition coefficient (Wildman–Crippen LogP) is -4.05. The summed E-state index contributed by atoms with van der Waals surface area (Å²) in [6, 6.07) is -1.16.